The second-order valence-electron chi connectivity index (χ2n) is 13.7. The molecule has 2 aromatic heterocycles. The Labute approximate surface area is 271 Å². The van der Waals surface area contributed by atoms with E-state index in [1.54, 1.807) is 0 Å². The van der Waals surface area contributed by atoms with Gasteiger partial charge in [0.05, 0.1) is 0 Å². The normalized spacial score (nSPS) is 15.1. The number of para-hydroxylation sites is 1. The topological polar surface area (TPSA) is 31.6 Å². The summed E-state index contributed by atoms with van der Waals surface area (Å²) >= 11 is 3.60. The molecule has 2 nitrogen and oxygen atoms in total. The van der Waals surface area contributed by atoms with E-state index in [-0.39, 0.29) is 10.8 Å². The number of fused-ring (bicyclic) bond motifs is 12. The molecule has 0 atom stereocenters. The summed E-state index contributed by atoms with van der Waals surface area (Å²) in [6.07, 6.45) is 0. The van der Waals surface area contributed by atoms with Crippen LogP contribution in [0.5, 0.6) is 0 Å². The molecule has 45 heavy (non-hydrogen) atoms. The van der Waals surface area contributed by atoms with Crippen molar-refractivity contribution < 1.29 is 0 Å². The Balaban J connectivity index is 0.000000125. The molecule has 0 amide bonds. The highest BCUT2D eigenvalue weighted by Crippen LogP contribution is 2.51. The number of nitrogens with one attached hydrogen (secondary N) is 2. The highest BCUT2D eigenvalue weighted by Gasteiger charge is 2.36. The van der Waals surface area contributed by atoms with E-state index in [0.717, 1.165) is 4.47 Å². The van der Waals surface area contributed by atoms with Gasteiger partial charge < -0.3 is 9.97 Å². The molecule has 2 aliphatic carbocycles. The minimum Gasteiger partial charge on any atom is -0.355 e. The van der Waals surface area contributed by atoms with Gasteiger partial charge in [-0.3, -0.25) is 0 Å². The van der Waals surface area contributed by atoms with Crippen LogP contribution in [-0.4, -0.2) is 9.97 Å². The number of aromatic nitrogens is 2. The van der Waals surface area contributed by atoms with Crippen molar-refractivity contribution in [2.75, 3.05) is 0 Å². The summed E-state index contributed by atoms with van der Waals surface area (Å²) in [7, 11) is 0. The molecule has 0 unspecified atom stereocenters. The minimum atomic E-state index is 0.0536. The fourth-order valence-electron chi connectivity index (χ4n) is 8.11. The molecule has 3 heteroatoms. The van der Waals surface area contributed by atoms with E-state index < -0.39 is 0 Å². The van der Waals surface area contributed by atoms with Crippen LogP contribution in [0.1, 0.15) is 49.9 Å². The average molecular weight is 646 g/mol. The van der Waals surface area contributed by atoms with Gasteiger partial charge in [-0.15, -0.1) is 0 Å². The summed E-state index contributed by atoms with van der Waals surface area (Å²) in [5.41, 5.74) is 16.2. The summed E-state index contributed by atoms with van der Waals surface area (Å²) in [6.45, 7) is 9.30. The highest BCUT2D eigenvalue weighted by molar-refractivity contribution is 9.10. The lowest BCUT2D eigenvalue weighted by Gasteiger charge is -2.21. The number of hydrogen-bond acceptors (Lipinski definition) is 0. The molecule has 0 bridgehead atoms. The van der Waals surface area contributed by atoms with Crippen LogP contribution in [0.15, 0.2) is 120 Å². The zero-order valence-corrected chi connectivity index (χ0v) is 27.4. The number of hydrogen-bond donors (Lipinski definition) is 2. The lowest BCUT2D eigenvalue weighted by Crippen LogP contribution is -2.14. The third-order valence-corrected chi connectivity index (χ3v) is 11.0. The van der Waals surface area contributed by atoms with E-state index in [4.69, 9.17) is 0 Å². The quantitative estimate of drug-likeness (QED) is 0.164. The molecule has 0 spiro atoms. The van der Waals surface area contributed by atoms with Gasteiger partial charge in [-0.05, 0) is 93.0 Å². The third-order valence-electron chi connectivity index (χ3n) is 10.5. The average Bonchev–Trinajstić information content (AvgIpc) is 3.72. The molecule has 0 saturated carbocycles. The number of aromatic amines is 2. The van der Waals surface area contributed by atoms with Crippen LogP contribution in [-0.2, 0) is 10.8 Å². The minimum absolute atomic E-state index is 0.0536. The Morgan fingerprint density at radius 2 is 0.867 bits per heavy atom. The molecule has 0 aliphatic heterocycles. The van der Waals surface area contributed by atoms with Crippen molar-refractivity contribution in [3.05, 3.63) is 142 Å². The van der Waals surface area contributed by atoms with Crippen molar-refractivity contribution in [1.82, 2.24) is 9.97 Å². The molecular weight excluding hydrogens is 612 g/mol. The molecule has 10 rings (SSSR count). The van der Waals surface area contributed by atoms with Gasteiger partial charge in [0.15, 0.2) is 0 Å². The lowest BCUT2D eigenvalue weighted by molar-refractivity contribution is 0.661. The first-order chi connectivity index (χ1) is 21.7. The Kier molecular flexibility index (Phi) is 5.48. The van der Waals surface area contributed by atoms with E-state index in [1.165, 1.54) is 88.1 Å². The van der Waals surface area contributed by atoms with Crippen molar-refractivity contribution in [3.8, 4) is 22.3 Å². The molecule has 2 N–H and O–H groups in total. The maximum Gasteiger partial charge on any atom is 0.0468 e. The Bertz CT molecular complexity index is 2510. The zero-order chi connectivity index (χ0) is 30.7. The van der Waals surface area contributed by atoms with Gasteiger partial charge in [0.25, 0.3) is 0 Å². The number of halogens is 1. The SMILES string of the molecule is CC1(C)c2ccccc2-c2cc3c(cc21)[nH]c1ccc(Br)cc13.CC1(C)c2ccccc2-c2cc3c(cc21)[nH]c1ccccc13. The second kappa shape index (κ2) is 9.22. The molecule has 0 fully saturated rings. The monoisotopic (exact) mass is 644 g/mol. The Morgan fingerprint density at radius 1 is 0.400 bits per heavy atom. The largest absolute Gasteiger partial charge is 0.355 e. The van der Waals surface area contributed by atoms with Crippen LogP contribution in [0.2, 0.25) is 0 Å². The van der Waals surface area contributed by atoms with Gasteiger partial charge in [0.1, 0.15) is 0 Å². The molecule has 2 heterocycles. The van der Waals surface area contributed by atoms with Gasteiger partial charge >= 0.3 is 0 Å². The van der Waals surface area contributed by atoms with E-state index in [9.17, 15) is 0 Å². The molecule has 8 aromatic rings. The smallest absolute Gasteiger partial charge is 0.0468 e. The first kappa shape index (κ1) is 26.8. The van der Waals surface area contributed by atoms with Crippen LogP contribution in [0.25, 0.3) is 65.9 Å². The maximum atomic E-state index is 3.60. The van der Waals surface area contributed by atoms with Gasteiger partial charge in [0, 0.05) is 58.9 Å². The molecule has 218 valence electrons. The first-order valence-corrected chi connectivity index (χ1v) is 16.5. The van der Waals surface area contributed by atoms with Crippen molar-refractivity contribution >= 4 is 59.5 Å². The molecule has 6 aromatic carbocycles. The summed E-state index contributed by atoms with van der Waals surface area (Å²) in [5.74, 6) is 0. The van der Waals surface area contributed by atoms with Crippen LogP contribution in [0.3, 0.4) is 0 Å². The summed E-state index contributed by atoms with van der Waals surface area (Å²) in [5, 5.41) is 5.20. The maximum absolute atomic E-state index is 3.60. The van der Waals surface area contributed by atoms with Crippen molar-refractivity contribution in [2.24, 2.45) is 0 Å². The predicted octanol–water partition coefficient (Wildman–Crippen LogP) is 12.0. The number of H-pyrrole nitrogens is 2. The van der Waals surface area contributed by atoms with Gasteiger partial charge in [-0.25, -0.2) is 0 Å². The standard InChI is InChI=1S/C21H16BrN.C21H17N/c1-21(2)17-6-4-3-5-13(17)14-10-16-15-9-12(22)7-8-19(15)23-20(16)11-18(14)21;1-21(2)17-9-5-3-7-13(17)15-11-16-14-8-4-6-10-19(14)22-20(16)12-18(15)21/h3-11,23H,1-2H3;3-12,22H,1-2H3. The van der Waals surface area contributed by atoms with Crippen LogP contribution >= 0.6 is 15.9 Å². The summed E-state index contributed by atoms with van der Waals surface area (Å²) in [6, 6.07) is 42.0. The lowest BCUT2D eigenvalue weighted by atomic mass is 9.82. The van der Waals surface area contributed by atoms with Gasteiger partial charge in [-0.1, -0.05) is 110 Å². The van der Waals surface area contributed by atoms with Crippen LogP contribution < -0.4 is 0 Å². The summed E-state index contributed by atoms with van der Waals surface area (Å²) in [4.78, 5) is 7.15. The first-order valence-electron chi connectivity index (χ1n) is 15.7. The Hall–Kier alpha value is -4.60. The van der Waals surface area contributed by atoms with Crippen LogP contribution in [0, 0.1) is 0 Å². The fraction of sp³-hybridized carbons (Fsp3) is 0.143. The molecule has 0 saturated heterocycles. The van der Waals surface area contributed by atoms with Gasteiger partial charge in [0.2, 0.25) is 0 Å². The molecule has 2 aliphatic rings. The third kappa shape index (κ3) is 3.74. The van der Waals surface area contributed by atoms with E-state index >= 15 is 0 Å². The Morgan fingerprint density at radius 3 is 1.47 bits per heavy atom. The van der Waals surface area contributed by atoms with Crippen LogP contribution in [0.4, 0.5) is 0 Å². The number of rotatable bonds is 0. The van der Waals surface area contributed by atoms with E-state index in [0.29, 0.717) is 0 Å². The predicted molar refractivity (Wildman–Crippen MR) is 194 cm³/mol. The van der Waals surface area contributed by atoms with Crippen molar-refractivity contribution in [1.29, 1.82) is 0 Å². The number of benzene rings is 6. The zero-order valence-electron chi connectivity index (χ0n) is 25.8. The molecule has 0 radical (unpaired) electrons. The second-order valence-corrected chi connectivity index (χ2v) is 14.6. The van der Waals surface area contributed by atoms with E-state index in [1.807, 2.05) is 0 Å². The fourth-order valence-corrected chi connectivity index (χ4v) is 8.47. The molecular formula is C42H33BrN2. The highest BCUT2D eigenvalue weighted by atomic mass is 79.9. The van der Waals surface area contributed by atoms with Crippen molar-refractivity contribution in [2.45, 2.75) is 38.5 Å². The van der Waals surface area contributed by atoms with Gasteiger partial charge in [-0.2, -0.15) is 0 Å². The summed E-state index contributed by atoms with van der Waals surface area (Å²) < 4.78 is 1.12. The van der Waals surface area contributed by atoms with E-state index in [2.05, 4.69) is 169 Å². The van der Waals surface area contributed by atoms with Crippen molar-refractivity contribution in [3.63, 3.8) is 0 Å².